The van der Waals surface area contributed by atoms with E-state index in [1.54, 1.807) is 18.2 Å². The molecule has 1 aromatic heterocycles. The van der Waals surface area contributed by atoms with Gasteiger partial charge in [0.2, 0.25) is 5.78 Å². The third-order valence-corrected chi connectivity index (χ3v) is 3.44. The van der Waals surface area contributed by atoms with Gasteiger partial charge in [0.15, 0.2) is 5.76 Å². The predicted octanol–water partition coefficient (Wildman–Crippen LogP) is 3.35. The summed E-state index contributed by atoms with van der Waals surface area (Å²) in [4.78, 5) is 12.0. The lowest BCUT2D eigenvalue weighted by Crippen LogP contribution is -2.19. The molecule has 2 nitrogen and oxygen atoms in total. The summed E-state index contributed by atoms with van der Waals surface area (Å²) in [5, 5.41) is 0. The molecule has 15 heavy (non-hydrogen) atoms. The van der Waals surface area contributed by atoms with E-state index >= 15 is 0 Å². The minimum absolute atomic E-state index is 0.0701. The zero-order chi connectivity index (χ0) is 11.3. The van der Waals surface area contributed by atoms with Gasteiger partial charge in [-0.05, 0) is 24.8 Å². The lowest BCUT2D eigenvalue weighted by Gasteiger charge is -2.11. The van der Waals surface area contributed by atoms with Crippen molar-refractivity contribution in [3.63, 3.8) is 0 Å². The topological polar surface area (TPSA) is 30.2 Å². The number of hydrogen-bond donors (Lipinski definition) is 0. The molecule has 80 valence electrons. The third kappa shape index (κ3) is 3.04. The van der Waals surface area contributed by atoms with Crippen LogP contribution in [0.15, 0.2) is 35.5 Å². The molecule has 0 saturated carbocycles. The van der Waals surface area contributed by atoms with Crippen molar-refractivity contribution in [1.29, 1.82) is 0 Å². The van der Waals surface area contributed by atoms with Crippen molar-refractivity contribution in [3.8, 4) is 0 Å². The summed E-state index contributed by atoms with van der Waals surface area (Å²) in [6.45, 7) is 3.63. The quantitative estimate of drug-likeness (QED) is 0.448. The number of thioether (sulfide) groups is 1. The Morgan fingerprint density at radius 2 is 2.53 bits per heavy atom. The van der Waals surface area contributed by atoms with Gasteiger partial charge in [-0.2, -0.15) is 0 Å². The van der Waals surface area contributed by atoms with Gasteiger partial charge in [-0.25, -0.2) is 0 Å². The fraction of sp³-hybridized carbons (Fsp3) is 0.273. The van der Waals surface area contributed by atoms with Gasteiger partial charge >= 0.3 is 0 Å². The highest BCUT2D eigenvalue weighted by Gasteiger charge is 2.24. The first-order valence-electron chi connectivity index (χ1n) is 4.47. The van der Waals surface area contributed by atoms with Crippen molar-refractivity contribution in [1.82, 2.24) is 0 Å². The SMILES string of the molecule is C=CC[C@@H](C(=O)c1ccco1)C(=S)SC. The Morgan fingerprint density at radius 1 is 1.80 bits per heavy atom. The van der Waals surface area contributed by atoms with Gasteiger partial charge in [0.25, 0.3) is 0 Å². The van der Waals surface area contributed by atoms with Crippen LogP contribution in [-0.2, 0) is 0 Å². The van der Waals surface area contributed by atoms with E-state index < -0.39 is 0 Å². The average Bonchev–Trinajstić information content (AvgIpc) is 2.77. The van der Waals surface area contributed by atoms with Crippen molar-refractivity contribution < 1.29 is 9.21 Å². The van der Waals surface area contributed by atoms with Crippen molar-refractivity contribution in [2.75, 3.05) is 6.26 Å². The molecular formula is C11H12O2S2. The van der Waals surface area contributed by atoms with E-state index in [1.807, 2.05) is 6.26 Å². The molecule has 0 aromatic carbocycles. The minimum Gasteiger partial charge on any atom is -0.461 e. The summed E-state index contributed by atoms with van der Waals surface area (Å²) in [6, 6.07) is 3.35. The number of allylic oxidation sites excluding steroid dienone is 1. The summed E-state index contributed by atoms with van der Waals surface area (Å²) in [5.74, 6) is -0.0175. The van der Waals surface area contributed by atoms with Crippen LogP contribution in [0.5, 0.6) is 0 Å². The highest BCUT2D eigenvalue weighted by atomic mass is 32.2. The van der Waals surface area contributed by atoms with Crippen molar-refractivity contribution in [2.45, 2.75) is 6.42 Å². The number of carbonyl (C=O) groups is 1. The first-order chi connectivity index (χ1) is 7.20. The van der Waals surface area contributed by atoms with E-state index in [0.29, 0.717) is 16.4 Å². The van der Waals surface area contributed by atoms with Crippen LogP contribution in [0.2, 0.25) is 0 Å². The highest BCUT2D eigenvalue weighted by molar-refractivity contribution is 8.22. The van der Waals surface area contributed by atoms with Crippen molar-refractivity contribution >= 4 is 34.0 Å². The zero-order valence-electron chi connectivity index (χ0n) is 8.43. The third-order valence-electron chi connectivity index (χ3n) is 1.97. The molecule has 0 bridgehead atoms. The molecule has 4 heteroatoms. The second-order valence-corrected chi connectivity index (χ2v) is 4.49. The Kier molecular flexibility index (Phi) is 4.78. The van der Waals surface area contributed by atoms with E-state index in [0.717, 1.165) is 0 Å². The highest BCUT2D eigenvalue weighted by Crippen LogP contribution is 2.20. The van der Waals surface area contributed by atoms with Crippen LogP contribution >= 0.6 is 24.0 Å². The second-order valence-electron chi connectivity index (χ2n) is 2.94. The molecule has 1 heterocycles. The number of Topliss-reactive ketones (excluding diaryl/α,β-unsaturated/α-hetero) is 1. The van der Waals surface area contributed by atoms with Crippen LogP contribution < -0.4 is 0 Å². The Bertz CT molecular complexity index is 355. The van der Waals surface area contributed by atoms with Gasteiger partial charge < -0.3 is 4.42 Å². The summed E-state index contributed by atoms with van der Waals surface area (Å²) >= 11 is 6.56. The molecule has 0 unspecified atom stereocenters. The summed E-state index contributed by atoms with van der Waals surface area (Å²) < 4.78 is 5.74. The molecule has 0 spiro atoms. The van der Waals surface area contributed by atoms with Crippen LogP contribution in [0.3, 0.4) is 0 Å². The summed E-state index contributed by atoms with van der Waals surface area (Å²) in [7, 11) is 0. The molecular weight excluding hydrogens is 228 g/mol. The van der Waals surface area contributed by atoms with Crippen LogP contribution in [0.4, 0.5) is 0 Å². The minimum atomic E-state index is -0.307. The Balaban J connectivity index is 2.85. The van der Waals surface area contributed by atoms with Gasteiger partial charge in [0.05, 0.1) is 16.4 Å². The van der Waals surface area contributed by atoms with Gasteiger partial charge in [-0.3, -0.25) is 4.79 Å². The average molecular weight is 240 g/mol. The van der Waals surface area contributed by atoms with E-state index in [9.17, 15) is 4.79 Å². The van der Waals surface area contributed by atoms with Crippen LogP contribution in [0.25, 0.3) is 0 Å². The Labute approximate surface area is 98.7 Å². The molecule has 0 saturated heterocycles. The molecule has 0 radical (unpaired) electrons. The van der Waals surface area contributed by atoms with E-state index in [-0.39, 0.29) is 11.7 Å². The fourth-order valence-corrected chi connectivity index (χ4v) is 1.90. The van der Waals surface area contributed by atoms with E-state index in [1.165, 1.54) is 18.0 Å². The van der Waals surface area contributed by atoms with Gasteiger partial charge in [0.1, 0.15) is 0 Å². The molecule has 0 N–H and O–H groups in total. The zero-order valence-corrected chi connectivity index (χ0v) is 10.1. The molecule has 0 aliphatic rings. The maximum absolute atomic E-state index is 12.0. The predicted molar refractivity (Wildman–Crippen MR) is 67.5 cm³/mol. The standard InChI is InChI=1S/C11H12O2S2/c1-3-5-8(11(14)15-2)10(12)9-6-4-7-13-9/h3-4,6-8H,1,5H2,2H3/t8-/m0/s1. The molecule has 0 amide bonds. The maximum atomic E-state index is 12.0. The largest absolute Gasteiger partial charge is 0.461 e. The maximum Gasteiger partial charge on any atom is 0.207 e. The lowest BCUT2D eigenvalue weighted by molar-refractivity contribution is 0.0930. The van der Waals surface area contributed by atoms with E-state index in [4.69, 9.17) is 16.6 Å². The Morgan fingerprint density at radius 3 is 3.00 bits per heavy atom. The first-order valence-corrected chi connectivity index (χ1v) is 6.10. The number of thiocarbonyl (C=S) groups is 1. The van der Waals surface area contributed by atoms with Crippen molar-refractivity contribution in [2.24, 2.45) is 5.92 Å². The van der Waals surface area contributed by atoms with Crippen LogP contribution in [0.1, 0.15) is 17.0 Å². The Hall–Kier alpha value is -0.870. The molecule has 0 aliphatic heterocycles. The number of hydrogen-bond acceptors (Lipinski definition) is 4. The van der Waals surface area contributed by atoms with Gasteiger partial charge in [-0.1, -0.05) is 18.3 Å². The molecule has 0 fully saturated rings. The molecule has 1 aromatic rings. The number of rotatable bonds is 5. The van der Waals surface area contributed by atoms with Gasteiger partial charge in [0, 0.05) is 0 Å². The van der Waals surface area contributed by atoms with Crippen LogP contribution in [-0.4, -0.2) is 16.2 Å². The molecule has 1 atom stereocenters. The van der Waals surface area contributed by atoms with Crippen molar-refractivity contribution in [3.05, 3.63) is 36.8 Å². The first kappa shape index (κ1) is 12.2. The monoisotopic (exact) mass is 240 g/mol. The second kappa shape index (κ2) is 5.88. The fourth-order valence-electron chi connectivity index (χ4n) is 1.21. The van der Waals surface area contributed by atoms with E-state index in [2.05, 4.69) is 6.58 Å². The summed E-state index contributed by atoms with van der Waals surface area (Å²) in [6.07, 6.45) is 5.61. The molecule has 1 rings (SSSR count). The normalized spacial score (nSPS) is 12.1. The number of carbonyl (C=O) groups excluding carboxylic acids is 1. The summed E-state index contributed by atoms with van der Waals surface area (Å²) in [5.41, 5.74) is 0. The van der Waals surface area contributed by atoms with Gasteiger partial charge in [-0.15, -0.1) is 18.3 Å². The number of ketones is 1. The van der Waals surface area contributed by atoms with Crippen LogP contribution in [0, 0.1) is 5.92 Å². The number of furan rings is 1. The molecule has 0 aliphatic carbocycles. The lowest BCUT2D eigenvalue weighted by atomic mass is 10.0. The smallest absolute Gasteiger partial charge is 0.207 e.